The number of thiocarbonyl (C=S) groups is 1. The molecule has 0 bridgehead atoms. The summed E-state index contributed by atoms with van der Waals surface area (Å²) in [5.41, 5.74) is 0. The Kier molecular flexibility index (Phi) is 6.36. The Labute approximate surface area is 102 Å². The summed E-state index contributed by atoms with van der Waals surface area (Å²) in [5, 5.41) is 4.19. The van der Waals surface area contributed by atoms with Crippen molar-refractivity contribution in [3.05, 3.63) is 0 Å². The van der Waals surface area contributed by atoms with Crippen LogP contribution >= 0.6 is 24.0 Å². The first kappa shape index (κ1) is 13.1. The topological polar surface area (TPSA) is 24.5 Å². The number of ether oxygens (including phenoxy) is 1. The van der Waals surface area contributed by atoms with Crippen LogP contribution in [-0.2, 0) is 4.74 Å². The van der Waals surface area contributed by atoms with Gasteiger partial charge in [-0.2, -0.15) is 11.8 Å². The fourth-order valence-corrected chi connectivity index (χ4v) is 2.93. The van der Waals surface area contributed by atoms with Gasteiger partial charge in [0.05, 0.1) is 0 Å². The van der Waals surface area contributed by atoms with Crippen molar-refractivity contribution in [3.8, 4) is 0 Å². The number of hydrogen-bond acceptors (Lipinski definition) is 3. The zero-order chi connectivity index (χ0) is 11.1. The summed E-state index contributed by atoms with van der Waals surface area (Å²) in [6, 6.07) is 0.561. The van der Waals surface area contributed by atoms with E-state index in [1.807, 2.05) is 11.8 Å². The quantitative estimate of drug-likeness (QED) is 0.598. The van der Waals surface area contributed by atoms with Gasteiger partial charge in [-0.25, -0.2) is 0 Å². The van der Waals surface area contributed by atoms with E-state index in [2.05, 4.69) is 17.1 Å². The second-order valence-corrected chi connectivity index (χ2v) is 5.23. The minimum Gasteiger partial charge on any atom is -0.385 e. The van der Waals surface area contributed by atoms with E-state index >= 15 is 0 Å². The Balaban J connectivity index is 2.20. The van der Waals surface area contributed by atoms with Crippen LogP contribution in [0.3, 0.4) is 0 Å². The summed E-state index contributed by atoms with van der Waals surface area (Å²) in [7, 11) is 1.72. The van der Waals surface area contributed by atoms with Crippen LogP contribution in [0.5, 0.6) is 0 Å². The number of rotatable bonds is 4. The Morgan fingerprint density at radius 1 is 1.67 bits per heavy atom. The fourth-order valence-electron chi connectivity index (χ4n) is 1.54. The highest BCUT2D eigenvalue weighted by Crippen LogP contribution is 2.15. The molecule has 1 N–H and O–H groups in total. The van der Waals surface area contributed by atoms with Gasteiger partial charge in [-0.3, -0.25) is 0 Å². The molecule has 1 unspecified atom stereocenters. The van der Waals surface area contributed by atoms with Crippen molar-refractivity contribution in [2.75, 3.05) is 38.3 Å². The lowest BCUT2D eigenvalue weighted by atomic mass is 10.3. The normalized spacial score (nSPS) is 21.5. The van der Waals surface area contributed by atoms with Gasteiger partial charge in [0, 0.05) is 44.4 Å². The molecule has 1 aliphatic heterocycles. The van der Waals surface area contributed by atoms with Crippen LogP contribution in [0, 0.1) is 0 Å². The van der Waals surface area contributed by atoms with E-state index in [0.717, 1.165) is 31.2 Å². The van der Waals surface area contributed by atoms with Crippen LogP contribution < -0.4 is 5.32 Å². The van der Waals surface area contributed by atoms with Crippen LogP contribution in [0.4, 0.5) is 0 Å². The van der Waals surface area contributed by atoms with Crippen molar-refractivity contribution in [2.45, 2.75) is 19.4 Å². The number of hydrogen-bond donors (Lipinski definition) is 1. The van der Waals surface area contributed by atoms with Crippen LogP contribution in [0.25, 0.3) is 0 Å². The zero-order valence-corrected chi connectivity index (χ0v) is 11.1. The summed E-state index contributed by atoms with van der Waals surface area (Å²) in [4.78, 5) is 2.29. The smallest absolute Gasteiger partial charge is 0.169 e. The van der Waals surface area contributed by atoms with Gasteiger partial charge < -0.3 is 15.0 Å². The molecule has 0 amide bonds. The molecule has 0 radical (unpaired) electrons. The molecule has 1 rings (SSSR count). The van der Waals surface area contributed by atoms with Crippen molar-refractivity contribution < 1.29 is 4.74 Å². The highest BCUT2D eigenvalue weighted by atomic mass is 32.2. The average molecular weight is 248 g/mol. The fraction of sp³-hybridized carbons (Fsp3) is 0.900. The third-order valence-corrected chi connectivity index (χ3v) is 4.00. The first-order chi connectivity index (χ1) is 7.25. The molecule has 1 saturated heterocycles. The SMILES string of the molecule is COCCCNC(=S)N1CCSCC1C. The van der Waals surface area contributed by atoms with E-state index in [1.165, 1.54) is 11.5 Å². The predicted molar refractivity (Wildman–Crippen MR) is 70.6 cm³/mol. The maximum atomic E-state index is 5.37. The number of nitrogens with one attached hydrogen (secondary N) is 1. The van der Waals surface area contributed by atoms with Crippen LogP contribution in [0.15, 0.2) is 0 Å². The van der Waals surface area contributed by atoms with E-state index in [9.17, 15) is 0 Å². The number of nitrogens with zero attached hydrogens (tertiary/aromatic N) is 1. The third kappa shape index (κ3) is 4.57. The predicted octanol–water partition coefficient (Wildman–Crippen LogP) is 1.33. The summed E-state index contributed by atoms with van der Waals surface area (Å²) in [5.74, 6) is 2.37. The van der Waals surface area contributed by atoms with E-state index in [0.29, 0.717) is 6.04 Å². The minimum absolute atomic E-state index is 0.561. The largest absolute Gasteiger partial charge is 0.385 e. The highest BCUT2D eigenvalue weighted by Gasteiger charge is 2.20. The van der Waals surface area contributed by atoms with Gasteiger partial charge in [0.2, 0.25) is 0 Å². The third-order valence-electron chi connectivity index (χ3n) is 2.43. The second kappa shape index (κ2) is 7.30. The Hall–Kier alpha value is 0. The van der Waals surface area contributed by atoms with Crippen molar-refractivity contribution in [1.82, 2.24) is 10.2 Å². The molecule has 1 fully saturated rings. The van der Waals surface area contributed by atoms with Crippen molar-refractivity contribution >= 4 is 29.1 Å². The molecular weight excluding hydrogens is 228 g/mol. The van der Waals surface area contributed by atoms with Gasteiger partial charge in [-0.05, 0) is 25.6 Å². The molecule has 0 aromatic heterocycles. The summed E-state index contributed by atoms with van der Waals surface area (Å²) < 4.78 is 4.99. The number of methoxy groups -OCH3 is 1. The summed E-state index contributed by atoms with van der Waals surface area (Å²) in [6.07, 6.45) is 1.01. The molecule has 5 heteroatoms. The Morgan fingerprint density at radius 2 is 2.47 bits per heavy atom. The van der Waals surface area contributed by atoms with Crippen LogP contribution in [0.1, 0.15) is 13.3 Å². The maximum Gasteiger partial charge on any atom is 0.169 e. The Bertz CT molecular complexity index is 202. The first-order valence-corrected chi connectivity index (χ1v) is 6.93. The molecule has 1 atom stereocenters. The summed E-state index contributed by atoms with van der Waals surface area (Å²) >= 11 is 7.37. The van der Waals surface area contributed by atoms with E-state index in [1.54, 1.807) is 7.11 Å². The number of thioether (sulfide) groups is 1. The monoisotopic (exact) mass is 248 g/mol. The lowest BCUT2D eigenvalue weighted by molar-refractivity contribution is 0.195. The van der Waals surface area contributed by atoms with Crippen LogP contribution in [-0.4, -0.2) is 54.4 Å². The van der Waals surface area contributed by atoms with E-state index in [4.69, 9.17) is 17.0 Å². The molecule has 1 aliphatic rings. The van der Waals surface area contributed by atoms with E-state index < -0.39 is 0 Å². The second-order valence-electron chi connectivity index (χ2n) is 3.70. The van der Waals surface area contributed by atoms with Gasteiger partial charge >= 0.3 is 0 Å². The van der Waals surface area contributed by atoms with Crippen molar-refractivity contribution in [1.29, 1.82) is 0 Å². The lowest BCUT2D eigenvalue weighted by Gasteiger charge is -2.35. The van der Waals surface area contributed by atoms with Gasteiger partial charge in [0.25, 0.3) is 0 Å². The molecule has 0 aromatic carbocycles. The minimum atomic E-state index is 0.561. The standard InChI is InChI=1S/C10H20N2OS2/c1-9-8-15-7-5-12(9)10(14)11-4-3-6-13-2/h9H,3-8H2,1-2H3,(H,11,14). The highest BCUT2D eigenvalue weighted by molar-refractivity contribution is 7.99. The van der Waals surface area contributed by atoms with E-state index in [-0.39, 0.29) is 0 Å². The van der Waals surface area contributed by atoms with Gasteiger partial charge in [0.15, 0.2) is 5.11 Å². The summed E-state index contributed by atoms with van der Waals surface area (Å²) in [6.45, 7) is 5.00. The van der Waals surface area contributed by atoms with Crippen molar-refractivity contribution in [2.24, 2.45) is 0 Å². The molecular formula is C10H20N2OS2. The van der Waals surface area contributed by atoms with Gasteiger partial charge in [-0.15, -0.1) is 0 Å². The Morgan fingerprint density at radius 3 is 3.13 bits per heavy atom. The lowest BCUT2D eigenvalue weighted by Crippen LogP contribution is -2.49. The molecule has 88 valence electrons. The van der Waals surface area contributed by atoms with Crippen LogP contribution in [0.2, 0.25) is 0 Å². The first-order valence-electron chi connectivity index (χ1n) is 5.37. The molecule has 0 aliphatic carbocycles. The van der Waals surface area contributed by atoms with Gasteiger partial charge in [0.1, 0.15) is 0 Å². The molecule has 0 saturated carbocycles. The molecule has 1 heterocycles. The molecule has 0 aromatic rings. The molecule has 15 heavy (non-hydrogen) atoms. The zero-order valence-electron chi connectivity index (χ0n) is 9.49. The average Bonchev–Trinajstić information content (AvgIpc) is 2.25. The molecule has 0 spiro atoms. The maximum absolute atomic E-state index is 5.37. The van der Waals surface area contributed by atoms with Crippen molar-refractivity contribution in [3.63, 3.8) is 0 Å². The van der Waals surface area contributed by atoms with Gasteiger partial charge in [-0.1, -0.05) is 0 Å². The molecule has 3 nitrogen and oxygen atoms in total.